The molecule has 2 rings (SSSR count). The molecule has 6 nitrogen and oxygen atoms in total. The van der Waals surface area contributed by atoms with Gasteiger partial charge >= 0.3 is 12.0 Å². The van der Waals surface area contributed by atoms with Gasteiger partial charge in [-0.05, 0) is 42.9 Å². The number of aliphatic carboxylic acids is 1. The van der Waals surface area contributed by atoms with Crippen molar-refractivity contribution in [2.24, 2.45) is 5.92 Å². The topological polar surface area (TPSA) is 82.5 Å². The van der Waals surface area contributed by atoms with Crippen LogP contribution < -0.4 is 5.32 Å². The molecule has 0 spiro atoms. The summed E-state index contributed by atoms with van der Waals surface area (Å²) >= 11 is 0. The van der Waals surface area contributed by atoms with E-state index in [1.807, 2.05) is 12.1 Å². The van der Waals surface area contributed by atoms with Gasteiger partial charge in [0.05, 0.1) is 0 Å². The lowest BCUT2D eigenvalue weighted by Gasteiger charge is -2.21. The Kier molecular flexibility index (Phi) is 4.55. The minimum Gasteiger partial charge on any atom is -0.480 e. The highest BCUT2D eigenvalue weighted by Gasteiger charge is 2.37. The summed E-state index contributed by atoms with van der Waals surface area (Å²) in [5, 5.41) is 11.7. The molecule has 2 N–H and O–H groups in total. The van der Waals surface area contributed by atoms with E-state index >= 15 is 0 Å². The molecule has 1 aliphatic carbocycles. The van der Waals surface area contributed by atoms with E-state index in [4.69, 9.17) is 5.11 Å². The summed E-state index contributed by atoms with van der Waals surface area (Å²) in [6.07, 6.45) is 5.88. The zero-order chi connectivity index (χ0) is 14.5. The second-order valence-electron chi connectivity index (χ2n) is 5.13. The molecule has 1 unspecified atom stereocenters. The van der Waals surface area contributed by atoms with Gasteiger partial charge in [0.25, 0.3) is 0 Å². The van der Waals surface area contributed by atoms with Crippen LogP contribution in [0.1, 0.15) is 18.4 Å². The number of carbonyl (C=O) groups is 2. The zero-order valence-electron chi connectivity index (χ0n) is 11.5. The fourth-order valence-electron chi connectivity index (χ4n) is 2.00. The summed E-state index contributed by atoms with van der Waals surface area (Å²) < 4.78 is 0. The minimum absolute atomic E-state index is 0.0880. The van der Waals surface area contributed by atoms with Crippen molar-refractivity contribution in [3.05, 3.63) is 30.1 Å². The number of hydrogen-bond donors (Lipinski definition) is 2. The molecule has 0 aliphatic heterocycles. The average molecular weight is 277 g/mol. The second-order valence-corrected chi connectivity index (χ2v) is 5.13. The van der Waals surface area contributed by atoms with Crippen molar-refractivity contribution in [1.29, 1.82) is 0 Å². The van der Waals surface area contributed by atoms with Crippen LogP contribution in [0.5, 0.6) is 0 Å². The number of rotatable bonds is 6. The lowest BCUT2D eigenvalue weighted by atomic mass is 10.2. The Labute approximate surface area is 117 Å². The highest BCUT2D eigenvalue weighted by atomic mass is 16.4. The smallest absolute Gasteiger partial charge is 0.326 e. The van der Waals surface area contributed by atoms with Gasteiger partial charge in [-0.25, -0.2) is 9.59 Å². The van der Waals surface area contributed by atoms with Crippen molar-refractivity contribution in [2.75, 3.05) is 13.6 Å². The Morgan fingerprint density at radius 2 is 2.10 bits per heavy atom. The first kappa shape index (κ1) is 14.3. The molecule has 1 fully saturated rings. The van der Waals surface area contributed by atoms with Gasteiger partial charge in [0, 0.05) is 26.0 Å². The highest BCUT2D eigenvalue weighted by molar-refractivity contribution is 5.83. The quantitative estimate of drug-likeness (QED) is 0.816. The number of nitrogens with zero attached hydrogens (tertiary/aromatic N) is 2. The summed E-state index contributed by atoms with van der Waals surface area (Å²) in [4.78, 5) is 28.5. The summed E-state index contributed by atoms with van der Waals surface area (Å²) in [6, 6.07) is 2.70. The maximum atomic E-state index is 12.0. The fraction of sp³-hybridized carbons (Fsp3) is 0.500. The van der Waals surface area contributed by atoms with E-state index in [9.17, 15) is 9.59 Å². The molecule has 108 valence electrons. The number of aromatic nitrogens is 1. The second kappa shape index (κ2) is 6.36. The minimum atomic E-state index is -0.955. The maximum absolute atomic E-state index is 12.0. The number of carboxylic acid groups (broad SMARTS) is 1. The molecule has 1 aliphatic rings. The van der Waals surface area contributed by atoms with Crippen LogP contribution in [0.25, 0.3) is 0 Å². The molecule has 1 heterocycles. The van der Waals surface area contributed by atoms with Gasteiger partial charge < -0.3 is 15.3 Å². The Morgan fingerprint density at radius 3 is 2.65 bits per heavy atom. The Bertz CT molecular complexity index is 474. The van der Waals surface area contributed by atoms with Gasteiger partial charge in [-0.2, -0.15) is 0 Å². The molecule has 1 saturated carbocycles. The molecule has 0 aromatic carbocycles. The van der Waals surface area contributed by atoms with Crippen molar-refractivity contribution < 1.29 is 14.7 Å². The van der Waals surface area contributed by atoms with Crippen molar-refractivity contribution in [2.45, 2.75) is 25.3 Å². The zero-order valence-corrected chi connectivity index (χ0v) is 11.5. The lowest BCUT2D eigenvalue weighted by molar-refractivity contribution is -0.139. The van der Waals surface area contributed by atoms with E-state index in [1.165, 1.54) is 4.90 Å². The van der Waals surface area contributed by atoms with Gasteiger partial charge in [0.1, 0.15) is 6.04 Å². The first-order valence-electron chi connectivity index (χ1n) is 6.71. The molecule has 1 aromatic rings. The van der Waals surface area contributed by atoms with E-state index in [1.54, 1.807) is 19.4 Å². The molecule has 0 radical (unpaired) electrons. The van der Waals surface area contributed by atoms with E-state index < -0.39 is 12.0 Å². The molecule has 0 saturated heterocycles. The number of urea groups is 1. The third-order valence-corrected chi connectivity index (χ3v) is 3.47. The summed E-state index contributed by atoms with van der Waals surface area (Å²) in [5.41, 5.74) is 1.09. The molecule has 2 amide bonds. The lowest BCUT2D eigenvalue weighted by Crippen LogP contribution is -2.48. The van der Waals surface area contributed by atoms with Crippen LogP contribution in [0.15, 0.2) is 24.5 Å². The Balaban J connectivity index is 1.81. The maximum Gasteiger partial charge on any atom is 0.326 e. The molecular weight excluding hydrogens is 258 g/mol. The van der Waals surface area contributed by atoms with Crippen LogP contribution in [0, 0.1) is 5.92 Å². The molecule has 0 bridgehead atoms. The Hall–Kier alpha value is -2.11. The standard InChI is InChI=1S/C14H19N3O3/c1-17(9-6-10-4-7-15-8-5-10)14(20)16-12(13(18)19)11-2-3-11/h4-5,7-8,11-12H,2-3,6,9H2,1H3,(H,16,20)(H,18,19). The van der Waals surface area contributed by atoms with Crippen LogP contribution in [0.4, 0.5) is 4.79 Å². The summed E-state index contributed by atoms with van der Waals surface area (Å²) in [5.74, 6) is -0.867. The van der Waals surface area contributed by atoms with Gasteiger partial charge in [-0.3, -0.25) is 4.98 Å². The third kappa shape index (κ3) is 3.94. The number of carboxylic acids is 1. The first-order valence-corrected chi connectivity index (χ1v) is 6.71. The monoisotopic (exact) mass is 277 g/mol. The fourth-order valence-corrected chi connectivity index (χ4v) is 2.00. The molecular formula is C14H19N3O3. The number of amides is 2. The predicted molar refractivity (Wildman–Crippen MR) is 73.3 cm³/mol. The van der Waals surface area contributed by atoms with Crippen molar-refractivity contribution in [3.63, 3.8) is 0 Å². The predicted octanol–water partition coefficient (Wildman–Crippen LogP) is 1.13. The average Bonchev–Trinajstić information content (AvgIpc) is 3.27. The molecule has 1 atom stereocenters. The third-order valence-electron chi connectivity index (χ3n) is 3.47. The van der Waals surface area contributed by atoms with E-state index in [0.29, 0.717) is 13.0 Å². The molecule has 20 heavy (non-hydrogen) atoms. The van der Waals surface area contributed by atoms with Gasteiger partial charge in [0.15, 0.2) is 0 Å². The summed E-state index contributed by atoms with van der Waals surface area (Å²) in [6.45, 7) is 0.535. The van der Waals surface area contributed by atoms with E-state index in [0.717, 1.165) is 18.4 Å². The van der Waals surface area contributed by atoms with Crippen molar-refractivity contribution in [1.82, 2.24) is 15.2 Å². The van der Waals surface area contributed by atoms with Crippen LogP contribution in [0.3, 0.4) is 0 Å². The Morgan fingerprint density at radius 1 is 1.45 bits per heavy atom. The van der Waals surface area contributed by atoms with Crippen LogP contribution in [-0.4, -0.2) is 46.6 Å². The van der Waals surface area contributed by atoms with Crippen LogP contribution in [0.2, 0.25) is 0 Å². The number of likely N-dealkylation sites (N-methyl/N-ethyl adjacent to an activating group) is 1. The van der Waals surface area contributed by atoms with Crippen molar-refractivity contribution in [3.8, 4) is 0 Å². The SMILES string of the molecule is CN(CCc1ccncc1)C(=O)NC(C(=O)O)C1CC1. The van der Waals surface area contributed by atoms with E-state index in [2.05, 4.69) is 10.3 Å². The van der Waals surface area contributed by atoms with Crippen LogP contribution >= 0.6 is 0 Å². The van der Waals surface area contributed by atoms with Gasteiger partial charge in [-0.15, -0.1) is 0 Å². The summed E-state index contributed by atoms with van der Waals surface area (Å²) in [7, 11) is 1.67. The van der Waals surface area contributed by atoms with Gasteiger partial charge in [-0.1, -0.05) is 0 Å². The normalized spacial score (nSPS) is 15.4. The number of carbonyl (C=O) groups excluding carboxylic acids is 1. The highest BCUT2D eigenvalue weighted by Crippen LogP contribution is 2.32. The van der Waals surface area contributed by atoms with Crippen molar-refractivity contribution >= 4 is 12.0 Å². The molecule has 1 aromatic heterocycles. The largest absolute Gasteiger partial charge is 0.480 e. The first-order chi connectivity index (χ1) is 9.58. The van der Waals surface area contributed by atoms with Gasteiger partial charge in [0.2, 0.25) is 0 Å². The van der Waals surface area contributed by atoms with Crippen LogP contribution in [-0.2, 0) is 11.2 Å². The number of hydrogen-bond acceptors (Lipinski definition) is 3. The number of pyridine rings is 1. The van der Waals surface area contributed by atoms with E-state index in [-0.39, 0.29) is 11.9 Å². The number of nitrogens with one attached hydrogen (secondary N) is 1. The molecule has 6 heteroatoms.